The largest absolute Gasteiger partial charge is 0.392 e. The van der Waals surface area contributed by atoms with Crippen molar-refractivity contribution in [2.45, 2.75) is 23.3 Å². The summed E-state index contributed by atoms with van der Waals surface area (Å²) in [4.78, 5) is 2.25. The Balaban J connectivity index is 2.36. The maximum atomic E-state index is 9.17. The summed E-state index contributed by atoms with van der Waals surface area (Å²) in [7, 11) is 0. The first-order valence-corrected chi connectivity index (χ1v) is 7.43. The van der Waals surface area contributed by atoms with E-state index in [0.29, 0.717) is 5.02 Å². The molecule has 1 N–H and O–H groups in total. The van der Waals surface area contributed by atoms with Crippen molar-refractivity contribution in [2.24, 2.45) is 0 Å². The van der Waals surface area contributed by atoms with Crippen LogP contribution in [0.15, 0.2) is 50.7 Å². The van der Waals surface area contributed by atoms with Crippen LogP contribution in [0.5, 0.6) is 0 Å². The summed E-state index contributed by atoms with van der Waals surface area (Å²) in [6.07, 6.45) is 0. The molecule has 94 valence electrons. The van der Waals surface area contributed by atoms with Gasteiger partial charge in [0.1, 0.15) is 0 Å². The molecule has 0 unspecified atom stereocenters. The van der Waals surface area contributed by atoms with Crippen molar-refractivity contribution in [1.82, 2.24) is 0 Å². The molecule has 2 aromatic carbocycles. The standard InChI is InChI=1S/C14H12BrClOS/c1-9-12(7-6-10(8-17)14(9)16)18-13-5-3-2-4-11(13)15/h2-7,17H,8H2,1H3. The molecule has 0 aliphatic rings. The Labute approximate surface area is 124 Å². The zero-order valence-electron chi connectivity index (χ0n) is 9.78. The van der Waals surface area contributed by atoms with Gasteiger partial charge in [0.15, 0.2) is 0 Å². The van der Waals surface area contributed by atoms with Crippen molar-refractivity contribution in [1.29, 1.82) is 0 Å². The lowest BCUT2D eigenvalue weighted by atomic mass is 10.1. The third-order valence-corrected chi connectivity index (χ3v) is 5.36. The van der Waals surface area contributed by atoms with Gasteiger partial charge in [-0.05, 0) is 52.2 Å². The predicted octanol–water partition coefficient (Wildman–Crippen LogP) is 5.05. The lowest BCUT2D eigenvalue weighted by Crippen LogP contribution is -1.90. The second kappa shape index (κ2) is 6.11. The molecule has 0 amide bonds. The number of benzene rings is 2. The fourth-order valence-electron chi connectivity index (χ4n) is 1.60. The van der Waals surface area contributed by atoms with Gasteiger partial charge in [-0.25, -0.2) is 0 Å². The summed E-state index contributed by atoms with van der Waals surface area (Å²) in [5, 5.41) is 9.82. The fourth-order valence-corrected chi connectivity index (χ4v) is 3.35. The van der Waals surface area contributed by atoms with E-state index >= 15 is 0 Å². The van der Waals surface area contributed by atoms with Crippen molar-refractivity contribution >= 4 is 39.3 Å². The molecule has 0 aromatic heterocycles. The van der Waals surface area contributed by atoms with Crippen molar-refractivity contribution < 1.29 is 5.11 Å². The Morgan fingerprint density at radius 1 is 1.17 bits per heavy atom. The summed E-state index contributed by atoms with van der Waals surface area (Å²) in [5.74, 6) is 0. The van der Waals surface area contributed by atoms with Crippen LogP contribution < -0.4 is 0 Å². The molecule has 2 rings (SSSR count). The molecule has 0 heterocycles. The molecule has 0 aliphatic heterocycles. The second-order valence-corrected chi connectivity index (χ2v) is 6.17. The Hall–Kier alpha value is -0.480. The van der Waals surface area contributed by atoms with Crippen LogP contribution in [0.3, 0.4) is 0 Å². The van der Waals surface area contributed by atoms with E-state index in [1.165, 1.54) is 0 Å². The quantitative estimate of drug-likeness (QED) is 0.841. The van der Waals surface area contributed by atoms with Crippen molar-refractivity contribution in [3.8, 4) is 0 Å². The van der Waals surface area contributed by atoms with Crippen molar-refractivity contribution in [3.63, 3.8) is 0 Å². The highest BCUT2D eigenvalue weighted by Crippen LogP contribution is 2.37. The molecule has 0 aliphatic carbocycles. The van der Waals surface area contributed by atoms with Gasteiger partial charge in [0.05, 0.1) is 11.6 Å². The molecule has 2 aromatic rings. The smallest absolute Gasteiger partial charge is 0.0696 e. The van der Waals surface area contributed by atoms with Crippen molar-refractivity contribution in [3.05, 3.63) is 57.0 Å². The monoisotopic (exact) mass is 342 g/mol. The van der Waals surface area contributed by atoms with Crippen LogP contribution in [0.25, 0.3) is 0 Å². The molecule has 1 nitrogen and oxygen atoms in total. The van der Waals surface area contributed by atoms with Gasteiger partial charge < -0.3 is 5.11 Å². The summed E-state index contributed by atoms with van der Waals surface area (Å²) >= 11 is 11.4. The van der Waals surface area contributed by atoms with E-state index < -0.39 is 0 Å². The molecular weight excluding hydrogens is 332 g/mol. The van der Waals surface area contributed by atoms with Crippen LogP contribution in [0.1, 0.15) is 11.1 Å². The first-order chi connectivity index (χ1) is 8.63. The van der Waals surface area contributed by atoms with Gasteiger partial charge in [-0.2, -0.15) is 0 Å². The molecule has 0 spiro atoms. The Bertz CT molecular complexity index is 572. The van der Waals surface area contributed by atoms with Crippen molar-refractivity contribution in [2.75, 3.05) is 0 Å². The number of halogens is 2. The molecule has 0 atom stereocenters. The normalized spacial score (nSPS) is 10.7. The van der Waals surface area contributed by atoms with Crippen LogP contribution in [-0.2, 0) is 6.61 Å². The second-order valence-electron chi connectivity index (χ2n) is 3.85. The molecule has 0 saturated carbocycles. The maximum absolute atomic E-state index is 9.17. The number of aliphatic hydroxyl groups excluding tert-OH is 1. The van der Waals surface area contributed by atoms with Gasteiger partial charge in [0.25, 0.3) is 0 Å². The van der Waals surface area contributed by atoms with Crippen LogP contribution in [0, 0.1) is 6.92 Å². The van der Waals surface area contributed by atoms with Gasteiger partial charge in [-0.15, -0.1) is 0 Å². The van der Waals surface area contributed by atoms with E-state index in [1.54, 1.807) is 11.8 Å². The SMILES string of the molecule is Cc1c(Sc2ccccc2Br)ccc(CO)c1Cl. The minimum atomic E-state index is -0.0281. The lowest BCUT2D eigenvalue weighted by Gasteiger charge is -2.11. The Morgan fingerprint density at radius 3 is 2.56 bits per heavy atom. The van der Waals surface area contributed by atoms with Gasteiger partial charge in [0.2, 0.25) is 0 Å². The van der Waals surface area contributed by atoms with E-state index in [4.69, 9.17) is 16.7 Å². The van der Waals surface area contributed by atoms with Gasteiger partial charge in [-0.3, -0.25) is 0 Å². The molecule has 4 heteroatoms. The number of rotatable bonds is 3. The van der Waals surface area contributed by atoms with Crippen LogP contribution in [-0.4, -0.2) is 5.11 Å². The fraction of sp³-hybridized carbons (Fsp3) is 0.143. The average Bonchev–Trinajstić information content (AvgIpc) is 2.38. The van der Waals surface area contributed by atoms with Crippen LogP contribution in [0.4, 0.5) is 0 Å². The Morgan fingerprint density at radius 2 is 1.89 bits per heavy atom. The molecular formula is C14H12BrClOS. The topological polar surface area (TPSA) is 20.2 Å². The summed E-state index contributed by atoms with van der Waals surface area (Å²) in [5.41, 5.74) is 1.77. The Kier molecular flexibility index (Phi) is 4.73. The summed E-state index contributed by atoms with van der Waals surface area (Å²) in [6.45, 7) is 1.94. The van der Waals surface area contributed by atoms with E-state index in [-0.39, 0.29) is 6.61 Å². The minimum absolute atomic E-state index is 0.0281. The maximum Gasteiger partial charge on any atom is 0.0696 e. The van der Waals surface area contributed by atoms with E-state index in [9.17, 15) is 0 Å². The van der Waals surface area contributed by atoms with E-state index in [2.05, 4.69) is 22.0 Å². The molecule has 0 bridgehead atoms. The average molecular weight is 344 g/mol. The minimum Gasteiger partial charge on any atom is -0.392 e. The first-order valence-electron chi connectivity index (χ1n) is 5.44. The third kappa shape index (κ3) is 2.91. The molecule has 0 radical (unpaired) electrons. The van der Waals surface area contributed by atoms with E-state index in [1.807, 2.05) is 37.3 Å². The highest BCUT2D eigenvalue weighted by atomic mass is 79.9. The lowest BCUT2D eigenvalue weighted by molar-refractivity contribution is 0.282. The summed E-state index contributed by atoms with van der Waals surface area (Å²) < 4.78 is 1.07. The van der Waals surface area contributed by atoms with Gasteiger partial charge in [0, 0.05) is 14.3 Å². The molecule has 18 heavy (non-hydrogen) atoms. The highest BCUT2D eigenvalue weighted by Gasteiger charge is 2.09. The molecule has 0 fully saturated rings. The van der Waals surface area contributed by atoms with E-state index in [0.717, 1.165) is 25.4 Å². The number of aliphatic hydroxyl groups is 1. The van der Waals surface area contributed by atoms with Gasteiger partial charge in [-0.1, -0.05) is 41.6 Å². The number of hydrogen-bond acceptors (Lipinski definition) is 2. The summed E-state index contributed by atoms with van der Waals surface area (Å²) in [6, 6.07) is 11.9. The zero-order chi connectivity index (χ0) is 13.1. The van der Waals surface area contributed by atoms with Crippen LogP contribution in [0.2, 0.25) is 5.02 Å². The van der Waals surface area contributed by atoms with Gasteiger partial charge >= 0.3 is 0 Å². The third-order valence-electron chi connectivity index (χ3n) is 2.64. The highest BCUT2D eigenvalue weighted by molar-refractivity contribution is 9.10. The first kappa shape index (κ1) is 13.9. The number of hydrogen-bond donors (Lipinski definition) is 1. The predicted molar refractivity (Wildman–Crippen MR) is 80.4 cm³/mol. The zero-order valence-corrected chi connectivity index (χ0v) is 12.9. The molecule has 0 saturated heterocycles. The van der Waals surface area contributed by atoms with Crippen LogP contribution >= 0.6 is 39.3 Å².